The molecule has 5 nitrogen and oxygen atoms in total. The lowest BCUT2D eigenvalue weighted by Gasteiger charge is -2.21. The van der Waals surface area contributed by atoms with Gasteiger partial charge in [-0.3, -0.25) is 4.79 Å². The summed E-state index contributed by atoms with van der Waals surface area (Å²) < 4.78 is 0. The predicted octanol–water partition coefficient (Wildman–Crippen LogP) is 20.4. The van der Waals surface area contributed by atoms with Crippen LogP contribution in [-0.2, 0) is 4.79 Å². The highest BCUT2D eigenvalue weighted by atomic mass is 16.3. The molecule has 5 heteroatoms. The molecule has 4 N–H and O–H groups in total. The second-order valence-corrected chi connectivity index (χ2v) is 22.4. The van der Waals surface area contributed by atoms with Gasteiger partial charge in [0.05, 0.1) is 31.3 Å². The van der Waals surface area contributed by atoms with Crippen LogP contribution in [-0.4, -0.2) is 46.1 Å². The maximum Gasteiger partial charge on any atom is 0.222 e. The summed E-state index contributed by atoms with van der Waals surface area (Å²) in [6.45, 7) is 4.25. The van der Waals surface area contributed by atoms with Crippen LogP contribution in [0, 0.1) is 0 Å². The van der Waals surface area contributed by atoms with E-state index in [2.05, 4.69) is 31.3 Å². The molecule has 0 aliphatic carbocycles. The average Bonchev–Trinajstić information content (AvgIpc) is 3.36. The van der Waals surface area contributed by atoms with E-state index in [0.717, 1.165) is 32.1 Å². The van der Waals surface area contributed by atoms with Gasteiger partial charge in [0, 0.05) is 0 Å². The van der Waals surface area contributed by atoms with E-state index in [0.29, 0.717) is 6.42 Å². The van der Waals surface area contributed by atoms with Crippen LogP contribution in [0.4, 0.5) is 0 Å². The van der Waals surface area contributed by atoms with E-state index in [4.69, 9.17) is 0 Å². The van der Waals surface area contributed by atoms with Crippen molar-refractivity contribution in [3.05, 3.63) is 24.3 Å². The van der Waals surface area contributed by atoms with Crippen LogP contribution in [0.3, 0.4) is 0 Å². The first-order valence-electron chi connectivity index (χ1n) is 32.1. The second kappa shape index (κ2) is 60.4. The van der Waals surface area contributed by atoms with Gasteiger partial charge < -0.3 is 20.6 Å². The molecule has 0 saturated heterocycles. The molecule has 0 aromatic rings. The normalized spacial score (nSPS) is 13.3. The summed E-state index contributed by atoms with van der Waals surface area (Å²) in [4.78, 5) is 12.5. The summed E-state index contributed by atoms with van der Waals surface area (Å²) in [7, 11) is 0. The van der Waals surface area contributed by atoms with Crippen molar-refractivity contribution in [1.29, 1.82) is 0 Å². The van der Waals surface area contributed by atoms with Crippen LogP contribution in [0.25, 0.3) is 0 Å². The Bertz CT molecular complexity index is 1040. The average molecular weight is 987 g/mol. The van der Waals surface area contributed by atoms with E-state index < -0.39 is 18.2 Å². The zero-order valence-electron chi connectivity index (χ0n) is 47.7. The number of aliphatic hydroxyl groups excluding tert-OH is 3. The fourth-order valence-corrected chi connectivity index (χ4v) is 10.4. The molecule has 0 fully saturated rings. The van der Waals surface area contributed by atoms with Crippen LogP contribution in [0.15, 0.2) is 24.3 Å². The number of hydrogen-bond acceptors (Lipinski definition) is 4. The third-order valence-electron chi connectivity index (χ3n) is 15.2. The van der Waals surface area contributed by atoms with Crippen LogP contribution in [0.5, 0.6) is 0 Å². The second-order valence-electron chi connectivity index (χ2n) is 22.4. The number of carbonyl (C=O) groups excluding carboxylic acids is 1. The molecule has 0 aliphatic rings. The van der Waals surface area contributed by atoms with Crippen molar-refractivity contribution in [1.82, 2.24) is 5.32 Å². The number of amides is 1. The van der Waals surface area contributed by atoms with Crippen molar-refractivity contribution in [2.24, 2.45) is 0 Å². The Labute approximate surface area is 439 Å². The van der Waals surface area contributed by atoms with Crippen molar-refractivity contribution in [2.75, 3.05) is 6.61 Å². The van der Waals surface area contributed by atoms with Crippen molar-refractivity contribution in [3.63, 3.8) is 0 Å². The molecule has 3 unspecified atom stereocenters. The lowest BCUT2D eigenvalue weighted by Crippen LogP contribution is -2.45. The van der Waals surface area contributed by atoms with Gasteiger partial charge in [0.1, 0.15) is 0 Å². The number of unbranched alkanes of at least 4 members (excludes halogenated alkanes) is 49. The Balaban J connectivity index is 3.50. The van der Waals surface area contributed by atoms with Crippen LogP contribution < -0.4 is 5.32 Å². The van der Waals surface area contributed by atoms with E-state index in [1.807, 2.05) is 6.08 Å². The maximum absolute atomic E-state index is 12.5. The number of hydrogen-bond donors (Lipinski definition) is 4. The Kier molecular flexibility index (Phi) is 59.4. The van der Waals surface area contributed by atoms with Gasteiger partial charge in [-0.05, 0) is 32.1 Å². The molecule has 0 aromatic heterocycles. The van der Waals surface area contributed by atoms with Gasteiger partial charge in [-0.2, -0.15) is 0 Å². The Morgan fingerprint density at radius 2 is 0.614 bits per heavy atom. The number of carbonyl (C=O) groups is 1. The molecule has 0 spiro atoms. The predicted molar refractivity (Wildman–Crippen MR) is 310 cm³/mol. The first-order chi connectivity index (χ1) is 34.5. The number of allylic oxidation sites excluding steroid dienone is 3. The molecule has 0 aliphatic heterocycles. The van der Waals surface area contributed by atoms with Gasteiger partial charge in [-0.15, -0.1) is 0 Å². The molecular weight excluding hydrogens is 859 g/mol. The summed E-state index contributed by atoms with van der Waals surface area (Å²) >= 11 is 0. The Morgan fingerprint density at radius 3 is 0.914 bits per heavy atom. The van der Waals surface area contributed by atoms with Crippen LogP contribution in [0.1, 0.15) is 361 Å². The van der Waals surface area contributed by atoms with Crippen molar-refractivity contribution in [3.8, 4) is 0 Å². The lowest BCUT2D eigenvalue weighted by atomic mass is 10.0. The van der Waals surface area contributed by atoms with Crippen molar-refractivity contribution in [2.45, 2.75) is 379 Å². The largest absolute Gasteiger partial charge is 0.394 e. The number of rotatable bonds is 60. The third kappa shape index (κ3) is 56.1. The fraction of sp³-hybridized carbons (Fsp3) is 0.923. The zero-order chi connectivity index (χ0) is 50.7. The summed E-state index contributed by atoms with van der Waals surface area (Å²) in [6, 6.07) is -0.760. The standard InChI is InChI=1S/C65H127NO4/c1-3-5-7-9-11-13-15-17-19-21-23-25-27-28-29-30-31-32-33-34-35-36-37-38-40-42-44-46-48-50-52-54-56-58-62(68)60-65(70)66-63(61-67)64(69)59-57-55-53-51-49-47-45-43-41-39-26-24-22-20-18-16-14-12-10-8-6-4-2/h49,51,57,59,62-64,67-69H,3-48,50,52-56,58,60-61H2,1-2H3,(H,66,70)/b51-49+,59-57+. The topological polar surface area (TPSA) is 89.8 Å². The molecule has 0 aromatic carbocycles. The summed E-state index contributed by atoms with van der Waals surface area (Å²) in [5.41, 5.74) is 0. The first kappa shape index (κ1) is 68.8. The molecule has 0 rings (SSSR count). The highest BCUT2D eigenvalue weighted by molar-refractivity contribution is 5.76. The van der Waals surface area contributed by atoms with E-state index in [9.17, 15) is 20.1 Å². The summed E-state index contributed by atoms with van der Waals surface area (Å²) in [5.74, 6) is -0.318. The molecule has 70 heavy (non-hydrogen) atoms. The molecule has 3 atom stereocenters. The zero-order valence-corrected chi connectivity index (χ0v) is 47.7. The minimum absolute atomic E-state index is 0.0107. The van der Waals surface area contributed by atoms with Crippen molar-refractivity contribution < 1.29 is 20.1 Å². The lowest BCUT2D eigenvalue weighted by molar-refractivity contribution is -0.124. The first-order valence-corrected chi connectivity index (χ1v) is 32.1. The third-order valence-corrected chi connectivity index (χ3v) is 15.2. The molecular formula is C65H127NO4. The van der Waals surface area contributed by atoms with Gasteiger partial charge in [0.15, 0.2) is 0 Å². The van der Waals surface area contributed by atoms with Crippen LogP contribution >= 0.6 is 0 Å². The minimum Gasteiger partial charge on any atom is -0.394 e. The molecule has 416 valence electrons. The fourth-order valence-electron chi connectivity index (χ4n) is 10.4. The molecule has 0 radical (unpaired) electrons. The van der Waals surface area contributed by atoms with Crippen molar-refractivity contribution >= 4 is 5.91 Å². The Morgan fingerprint density at radius 1 is 0.357 bits per heavy atom. The smallest absolute Gasteiger partial charge is 0.222 e. The van der Waals surface area contributed by atoms with Gasteiger partial charge in [-0.1, -0.05) is 346 Å². The molecule has 1 amide bonds. The molecule has 0 bridgehead atoms. The monoisotopic (exact) mass is 986 g/mol. The highest BCUT2D eigenvalue weighted by Gasteiger charge is 2.20. The highest BCUT2D eigenvalue weighted by Crippen LogP contribution is 2.19. The minimum atomic E-state index is -0.951. The van der Waals surface area contributed by atoms with Gasteiger partial charge in [0.25, 0.3) is 0 Å². The number of aliphatic hydroxyl groups is 3. The van der Waals surface area contributed by atoms with Crippen LogP contribution in [0.2, 0.25) is 0 Å². The van der Waals surface area contributed by atoms with E-state index >= 15 is 0 Å². The van der Waals surface area contributed by atoms with Gasteiger partial charge in [-0.25, -0.2) is 0 Å². The van der Waals surface area contributed by atoms with E-state index in [-0.39, 0.29) is 18.9 Å². The maximum atomic E-state index is 12.5. The van der Waals surface area contributed by atoms with E-state index in [1.165, 1.54) is 302 Å². The Hall–Kier alpha value is -1.17. The van der Waals surface area contributed by atoms with Gasteiger partial charge in [0.2, 0.25) is 5.91 Å². The summed E-state index contributed by atoms with van der Waals surface area (Å²) in [5, 5.41) is 33.5. The van der Waals surface area contributed by atoms with Gasteiger partial charge >= 0.3 is 0 Å². The quantitative estimate of drug-likeness (QED) is 0.0361. The summed E-state index contributed by atoms with van der Waals surface area (Å²) in [6.07, 6.45) is 78.4. The number of nitrogens with one attached hydrogen (secondary N) is 1. The molecule has 0 saturated carbocycles. The molecule has 0 heterocycles. The van der Waals surface area contributed by atoms with E-state index in [1.54, 1.807) is 6.08 Å². The SMILES string of the molecule is CCCCCCCCCCCCCCCCCC/C=C/CC/C=C/C(O)C(CO)NC(=O)CC(O)CCCCCCCCCCCCCCCCCCCCCCCCCCCCCCCCCCC.